The van der Waals surface area contributed by atoms with E-state index < -0.39 is 32.8 Å². The van der Waals surface area contributed by atoms with E-state index in [0.29, 0.717) is 5.75 Å². The van der Waals surface area contributed by atoms with Crippen LogP contribution in [-0.4, -0.2) is 15.6 Å². The summed E-state index contributed by atoms with van der Waals surface area (Å²) in [5, 5.41) is 22.2. The predicted octanol–water partition coefficient (Wildman–Crippen LogP) is 7.22. The van der Waals surface area contributed by atoms with Gasteiger partial charge in [-0.05, 0) is 47.5 Å². The van der Waals surface area contributed by atoms with Gasteiger partial charge in [-0.15, -0.1) is 11.8 Å². The number of nitro benzene ring substituents is 2. The SMILES string of the molecule is O=C(/C(=C\c1ccc(F)c([N+](=O)[O-])c1)SCc1ccc(Br)cc1)c1ccc(Cl)c([N+](=O)[O-])c1. The molecule has 33 heavy (non-hydrogen) atoms. The molecule has 0 saturated heterocycles. The van der Waals surface area contributed by atoms with Gasteiger partial charge in [-0.1, -0.05) is 45.7 Å². The van der Waals surface area contributed by atoms with Gasteiger partial charge in [0.2, 0.25) is 5.82 Å². The first-order valence-corrected chi connectivity index (χ1v) is 11.3. The van der Waals surface area contributed by atoms with Crippen molar-refractivity contribution in [2.45, 2.75) is 5.75 Å². The van der Waals surface area contributed by atoms with Crippen LogP contribution in [0.15, 0.2) is 70.0 Å². The van der Waals surface area contributed by atoms with E-state index in [2.05, 4.69) is 15.9 Å². The number of nitro groups is 2. The number of halogens is 3. The van der Waals surface area contributed by atoms with E-state index >= 15 is 0 Å². The largest absolute Gasteiger partial charge is 0.305 e. The lowest BCUT2D eigenvalue weighted by molar-refractivity contribution is -0.387. The Morgan fingerprint density at radius 3 is 2.30 bits per heavy atom. The van der Waals surface area contributed by atoms with Crippen LogP contribution in [0.2, 0.25) is 5.02 Å². The Bertz CT molecular complexity index is 1280. The highest BCUT2D eigenvalue weighted by Crippen LogP contribution is 2.32. The Labute approximate surface area is 204 Å². The molecule has 0 aliphatic rings. The minimum atomic E-state index is -0.999. The van der Waals surface area contributed by atoms with Crippen LogP contribution >= 0.6 is 39.3 Å². The zero-order valence-electron chi connectivity index (χ0n) is 16.5. The summed E-state index contributed by atoms with van der Waals surface area (Å²) in [6.07, 6.45) is 1.39. The lowest BCUT2D eigenvalue weighted by atomic mass is 10.1. The quantitative estimate of drug-likeness (QED) is 0.127. The Morgan fingerprint density at radius 2 is 1.67 bits per heavy atom. The molecule has 11 heteroatoms. The minimum absolute atomic E-state index is 0.0252. The number of thioether (sulfide) groups is 1. The van der Waals surface area contributed by atoms with Gasteiger partial charge >= 0.3 is 5.69 Å². The van der Waals surface area contributed by atoms with Crippen molar-refractivity contribution in [2.75, 3.05) is 0 Å². The molecule has 0 aromatic heterocycles. The minimum Gasteiger partial charge on any atom is -0.288 e. The van der Waals surface area contributed by atoms with Crippen LogP contribution in [0.4, 0.5) is 15.8 Å². The fraction of sp³-hybridized carbons (Fsp3) is 0.0455. The third-order valence-electron chi connectivity index (χ3n) is 4.40. The summed E-state index contributed by atoms with van der Waals surface area (Å²) in [7, 11) is 0. The van der Waals surface area contributed by atoms with Crippen LogP contribution in [0.5, 0.6) is 0 Å². The summed E-state index contributed by atoms with van der Waals surface area (Å²) in [5.41, 5.74) is 0.0114. The second-order valence-electron chi connectivity index (χ2n) is 6.64. The maximum absolute atomic E-state index is 13.7. The smallest absolute Gasteiger partial charge is 0.288 e. The van der Waals surface area contributed by atoms with Gasteiger partial charge in [-0.25, -0.2) is 0 Å². The van der Waals surface area contributed by atoms with Gasteiger partial charge in [0.1, 0.15) is 5.02 Å². The van der Waals surface area contributed by atoms with Crippen molar-refractivity contribution in [2.24, 2.45) is 0 Å². The third kappa shape index (κ3) is 6.25. The number of carbonyl (C=O) groups excluding carboxylic acids is 1. The molecule has 7 nitrogen and oxygen atoms in total. The topological polar surface area (TPSA) is 103 Å². The lowest BCUT2D eigenvalue weighted by Gasteiger charge is -2.09. The number of hydrogen-bond donors (Lipinski definition) is 0. The molecule has 3 rings (SSSR count). The Balaban J connectivity index is 2.02. The first-order chi connectivity index (χ1) is 15.7. The number of ketones is 1. The summed E-state index contributed by atoms with van der Waals surface area (Å²) in [6, 6.07) is 14.4. The van der Waals surface area contributed by atoms with E-state index in [9.17, 15) is 29.4 Å². The number of allylic oxidation sites excluding steroid dienone is 1. The molecule has 0 N–H and O–H groups in total. The molecule has 0 unspecified atom stereocenters. The highest BCUT2D eigenvalue weighted by atomic mass is 79.9. The van der Waals surface area contributed by atoms with Gasteiger partial charge in [0, 0.05) is 27.9 Å². The number of Topliss-reactive ketones (excluding diaryl/α,β-unsaturated/α-hetero) is 1. The first kappa shape index (κ1) is 24.6. The van der Waals surface area contributed by atoms with Gasteiger partial charge < -0.3 is 0 Å². The van der Waals surface area contributed by atoms with E-state index in [1.165, 1.54) is 24.3 Å². The number of benzene rings is 3. The van der Waals surface area contributed by atoms with Gasteiger partial charge in [0.05, 0.1) is 14.8 Å². The average molecular weight is 552 g/mol. The molecule has 168 valence electrons. The molecule has 0 aliphatic carbocycles. The Morgan fingerprint density at radius 1 is 1.00 bits per heavy atom. The zero-order chi connectivity index (χ0) is 24.1. The monoisotopic (exact) mass is 550 g/mol. The van der Waals surface area contributed by atoms with Crippen molar-refractivity contribution in [1.82, 2.24) is 0 Å². The van der Waals surface area contributed by atoms with Gasteiger partial charge in [0.15, 0.2) is 5.78 Å². The Hall–Kier alpha value is -3.08. The molecule has 3 aromatic carbocycles. The molecule has 0 amide bonds. The standard InChI is InChI=1S/C22H13BrClFN2O5S/c23-16-5-1-13(2-6-16)12-33-21(10-14-3-8-18(25)20(9-14)27(31)32)22(28)15-4-7-17(24)19(11-15)26(29)30/h1-11H,12H2/b21-10+. The van der Waals surface area contributed by atoms with Crippen molar-refractivity contribution in [1.29, 1.82) is 0 Å². The summed E-state index contributed by atoms with van der Waals surface area (Å²) in [6.45, 7) is 0. The van der Waals surface area contributed by atoms with Crippen molar-refractivity contribution in [3.63, 3.8) is 0 Å². The van der Waals surface area contributed by atoms with E-state index in [1.54, 1.807) is 0 Å². The van der Waals surface area contributed by atoms with Crippen molar-refractivity contribution < 1.29 is 19.0 Å². The number of rotatable bonds is 8. The van der Waals surface area contributed by atoms with E-state index in [0.717, 1.165) is 40.0 Å². The van der Waals surface area contributed by atoms with E-state index in [4.69, 9.17) is 11.6 Å². The molecule has 0 saturated carbocycles. The molecule has 0 aliphatic heterocycles. The molecule has 0 heterocycles. The van der Waals surface area contributed by atoms with Gasteiger partial charge in [-0.2, -0.15) is 4.39 Å². The molecule has 0 spiro atoms. The van der Waals surface area contributed by atoms with Crippen LogP contribution in [0.1, 0.15) is 21.5 Å². The molecule has 0 fully saturated rings. The number of nitrogens with zero attached hydrogens (tertiary/aromatic N) is 2. The lowest BCUT2D eigenvalue weighted by Crippen LogP contribution is -2.03. The molecule has 0 atom stereocenters. The fourth-order valence-corrected chi connectivity index (χ4v) is 4.20. The highest BCUT2D eigenvalue weighted by molar-refractivity contribution is 9.10. The third-order valence-corrected chi connectivity index (χ3v) is 6.34. The molecule has 0 bridgehead atoms. The second kappa shape index (κ2) is 10.7. The van der Waals surface area contributed by atoms with E-state index in [1.807, 2.05) is 24.3 Å². The van der Waals surface area contributed by atoms with Crippen molar-refractivity contribution >= 4 is 62.5 Å². The van der Waals surface area contributed by atoms with Crippen molar-refractivity contribution in [3.05, 3.63) is 118 Å². The fourth-order valence-electron chi connectivity index (χ4n) is 2.76. The molecular formula is C22H13BrClFN2O5S. The molecular weight excluding hydrogens is 539 g/mol. The van der Waals surface area contributed by atoms with E-state index in [-0.39, 0.29) is 21.1 Å². The summed E-state index contributed by atoms with van der Waals surface area (Å²) in [4.78, 5) is 34.1. The molecule has 3 aromatic rings. The molecule has 0 radical (unpaired) electrons. The summed E-state index contributed by atoms with van der Waals surface area (Å²) < 4.78 is 14.6. The van der Waals surface area contributed by atoms with Crippen LogP contribution in [0, 0.1) is 26.0 Å². The maximum atomic E-state index is 13.7. The van der Waals surface area contributed by atoms with Crippen LogP contribution in [-0.2, 0) is 5.75 Å². The normalized spacial score (nSPS) is 11.3. The van der Waals surface area contributed by atoms with Crippen LogP contribution in [0.3, 0.4) is 0 Å². The predicted molar refractivity (Wildman–Crippen MR) is 129 cm³/mol. The zero-order valence-corrected chi connectivity index (χ0v) is 19.7. The number of hydrogen-bond acceptors (Lipinski definition) is 6. The second-order valence-corrected chi connectivity index (χ2v) is 8.98. The number of carbonyl (C=O) groups is 1. The van der Waals surface area contributed by atoms with Gasteiger partial charge in [0.25, 0.3) is 5.69 Å². The van der Waals surface area contributed by atoms with Crippen LogP contribution in [0.25, 0.3) is 6.08 Å². The van der Waals surface area contributed by atoms with Crippen LogP contribution < -0.4 is 0 Å². The van der Waals surface area contributed by atoms with Crippen molar-refractivity contribution in [3.8, 4) is 0 Å². The highest BCUT2D eigenvalue weighted by Gasteiger charge is 2.20. The average Bonchev–Trinajstić information content (AvgIpc) is 2.78. The summed E-state index contributed by atoms with van der Waals surface area (Å²) >= 11 is 10.3. The van der Waals surface area contributed by atoms with Gasteiger partial charge in [-0.3, -0.25) is 25.0 Å². The maximum Gasteiger partial charge on any atom is 0.305 e. The first-order valence-electron chi connectivity index (χ1n) is 9.17. The Kier molecular flexibility index (Phi) is 7.96. The summed E-state index contributed by atoms with van der Waals surface area (Å²) in [5.74, 6) is -1.16.